The molecule has 224 valence electrons. The first-order valence-electron chi connectivity index (χ1n) is 12.0. The highest BCUT2D eigenvalue weighted by Gasteiger charge is 2.63. The maximum absolute atomic E-state index is 12.2. The van der Waals surface area contributed by atoms with Crippen LogP contribution in [-0.4, -0.2) is 162 Å². The number of carbonyl (C=O) groups is 2. The smallest absolute Gasteiger partial charge is 0.364 e. The molecule has 0 saturated carbocycles. The van der Waals surface area contributed by atoms with Gasteiger partial charge in [-0.3, -0.25) is 0 Å². The summed E-state index contributed by atoms with van der Waals surface area (Å²) in [5, 5.41) is 89.6. The molecule has 0 aromatic rings. The van der Waals surface area contributed by atoms with Crippen LogP contribution in [0.5, 0.6) is 0 Å². The predicted octanol–water partition coefficient (Wildman–Crippen LogP) is -5.59. The van der Waals surface area contributed by atoms with Crippen molar-refractivity contribution in [2.75, 3.05) is 6.61 Å². The van der Waals surface area contributed by atoms with Crippen LogP contribution in [-0.2, 0) is 42.7 Å². The van der Waals surface area contributed by atoms with Crippen LogP contribution in [0.25, 0.3) is 0 Å². The summed E-state index contributed by atoms with van der Waals surface area (Å²) in [5.74, 6) is -5.68. The van der Waals surface area contributed by atoms with Gasteiger partial charge in [0.05, 0.1) is 12.7 Å². The van der Waals surface area contributed by atoms with Gasteiger partial charge < -0.3 is 79.1 Å². The molecule has 0 aromatic carbocycles. The van der Waals surface area contributed by atoms with Crippen molar-refractivity contribution >= 4 is 11.9 Å². The van der Waals surface area contributed by atoms with Crippen LogP contribution in [0.15, 0.2) is 0 Å². The van der Waals surface area contributed by atoms with Gasteiger partial charge in [-0.05, 0) is 6.92 Å². The van der Waals surface area contributed by atoms with E-state index in [9.17, 15) is 55.5 Å². The monoisotopic (exact) mass is 572 g/mol. The summed E-state index contributed by atoms with van der Waals surface area (Å²) in [5.41, 5.74) is 0. The number of aliphatic hydroxyl groups is 7. The molecule has 4 heterocycles. The van der Waals surface area contributed by atoms with Crippen molar-refractivity contribution in [1.29, 1.82) is 0 Å². The van der Waals surface area contributed by atoms with Gasteiger partial charge in [-0.15, -0.1) is 0 Å². The molecule has 4 aliphatic rings. The SMILES string of the molecule is C[C@@H]1O[C@@H](O)[C@@H](O)[C@H](O)[C@@H]1O[C@@H]1O[C@H](C(=O)O)[C@@H](O[C@@H]2O[C@H](CO)[C@@H](O)[C@H](O)[C@H]2O)[C@@H]2OC(C)(C(=O)O)O[C@@H]12. The average Bonchev–Trinajstić information content (AvgIpc) is 3.25. The number of fused-ring (bicyclic) bond motifs is 1. The molecule has 0 amide bonds. The normalized spacial score (nSPS) is 52.3. The lowest BCUT2D eigenvalue weighted by atomic mass is 9.96. The molecule has 39 heavy (non-hydrogen) atoms. The lowest BCUT2D eigenvalue weighted by Gasteiger charge is -2.46. The molecule has 4 saturated heterocycles. The first-order chi connectivity index (χ1) is 18.2. The zero-order valence-electron chi connectivity index (χ0n) is 20.6. The van der Waals surface area contributed by atoms with Crippen LogP contribution in [0, 0.1) is 0 Å². The quantitative estimate of drug-likeness (QED) is 0.137. The first-order valence-corrected chi connectivity index (χ1v) is 12.0. The molecule has 0 bridgehead atoms. The van der Waals surface area contributed by atoms with E-state index in [1.807, 2.05) is 0 Å². The summed E-state index contributed by atoms with van der Waals surface area (Å²) in [7, 11) is 0. The molecule has 0 aromatic heterocycles. The van der Waals surface area contributed by atoms with Gasteiger partial charge in [0.2, 0.25) is 0 Å². The van der Waals surface area contributed by atoms with Crippen LogP contribution >= 0.6 is 0 Å². The Hall–Kier alpha value is -1.62. The van der Waals surface area contributed by atoms with Gasteiger partial charge in [-0.25, -0.2) is 9.59 Å². The van der Waals surface area contributed by atoms with E-state index in [1.54, 1.807) is 0 Å². The van der Waals surface area contributed by atoms with E-state index in [4.69, 9.17) is 33.2 Å². The third-order valence-corrected chi connectivity index (χ3v) is 7.08. The summed E-state index contributed by atoms with van der Waals surface area (Å²) in [6.07, 6.45) is -25.3. The van der Waals surface area contributed by atoms with Gasteiger partial charge in [0, 0.05) is 6.92 Å². The van der Waals surface area contributed by atoms with E-state index < -0.39 is 116 Å². The van der Waals surface area contributed by atoms with Crippen molar-refractivity contribution < 1.29 is 88.7 Å². The Morgan fingerprint density at radius 2 is 1.38 bits per heavy atom. The Balaban J connectivity index is 1.64. The van der Waals surface area contributed by atoms with Gasteiger partial charge in [-0.2, -0.15) is 0 Å². The van der Waals surface area contributed by atoms with Crippen LogP contribution in [0.2, 0.25) is 0 Å². The number of ether oxygens (including phenoxy) is 7. The Labute approximate surface area is 219 Å². The number of rotatable bonds is 7. The third kappa shape index (κ3) is 5.51. The van der Waals surface area contributed by atoms with Crippen molar-refractivity contribution in [3.8, 4) is 0 Å². The molecule has 9 N–H and O–H groups in total. The molecule has 0 radical (unpaired) electrons. The molecule has 18 heteroatoms. The second kappa shape index (κ2) is 11.3. The van der Waals surface area contributed by atoms with Gasteiger partial charge in [-0.1, -0.05) is 0 Å². The van der Waals surface area contributed by atoms with Crippen molar-refractivity contribution in [3.63, 3.8) is 0 Å². The van der Waals surface area contributed by atoms with E-state index in [1.165, 1.54) is 6.92 Å². The Morgan fingerprint density at radius 1 is 0.769 bits per heavy atom. The lowest BCUT2D eigenvalue weighted by molar-refractivity contribution is -0.361. The van der Waals surface area contributed by atoms with E-state index in [0.717, 1.165) is 6.92 Å². The highest BCUT2D eigenvalue weighted by Crippen LogP contribution is 2.41. The van der Waals surface area contributed by atoms with Gasteiger partial charge in [0.15, 0.2) is 25.0 Å². The molecule has 0 spiro atoms. The largest absolute Gasteiger partial charge is 0.479 e. The number of carboxylic acids is 2. The van der Waals surface area contributed by atoms with Gasteiger partial charge >= 0.3 is 11.9 Å². The number of hydrogen-bond acceptors (Lipinski definition) is 16. The number of aliphatic hydroxyl groups excluding tert-OH is 7. The van der Waals surface area contributed by atoms with Crippen molar-refractivity contribution in [1.82, 2.24) is 0 Å². The minimum atomic E-state index is -2.38. The fourth-order valence-electron chi connectivity index (χ4n) is 4.87. The Bertz CT molecular complexity index is 902. The van der Waals surface area contributed by atoms with E-state index >= 15 is 0 Å². The molecule has 0 aliphatic carbocycles. The van der Waals surface area contributed by atoms with E-state index in [2.05, 4.69) is 0 Å². The molecule has 4 aliphatic heterocycles. The molecule has 18 nitrogen and oxygen atoms in total. The van der Waals surface area contributed by atoms with Crippen LogP contribution in [0.4, 0.5) is 0 Å². The second-order valence-corrected chi connectivity index (χ2v) is 9.79. The van der Waals surface area contributed by atoms with Crippen molar-refractivity contribution in [2.24, 2.45) is 0 Å². The average molecular weight is 572 g/mol. The van der Waals surface area contributed by atoms with Crippen LogP contribution in [0.3, 0.4) is 0 Å². The fourth-order valence-corrected chi connectivity index (χ4v) is 4.87. The highest BCUT2D eigenvalue weighted by molar-refractivity contribution is 5.76. The Kier molecular flexibility index (Phi) is 8.82. The van der Waals surface area contributed by atoms with Gasteiger partial charge in [0.1, 0.15) is 61.0 Å². The highest BCUT2D eigenvalue weighted by atomic mass is 16.8. The zero-order chi connectivity index (χ0) is 29.0. The maximum atomic E-state index is 12.2. The second-order valence-electron chi connectivity index (χ2n) is 9.79. The minimum absolute atomic E-state index is 0.808. The molecular formula is C21H32O18. The third-order valence-electron chi connectivity index (χ3n) is 7.08. The standard InChI is InChI=1S/C21H32O18/c1-4-11(8(25)9(26)17(30)33-4)35-19-15-13(38-21(2,39-15)20(31)32)12(14(37-19)16(28)29)36-18-10(27)7(24)6(23)5(3-22)34-18/h4-15,17-19,22-27,30H,3H2,1-2H3,(H,28,29)(H,31,32)/t4-,5+,6+,7-,8-,9-,10+,11+,12-,13-,14-,15+,17+,18-,19+,21?/m0/s1. The zero-order valence-corrected chi connectivity index (χ0v) is 20.6. The fraction of sp³-hybridized carbons (Fsp3) is 0.905. The Morgan fingerprint density at radius 3 is 1.97 bits per heavy atom. The molecule has 1 unspecified atom stereocenters. The summed E-state index contributed by atoms with van der Waals surface area (Å²) in [4.78, 5) is 24.1. The van der Waals surface area contributed by atoms with Crippen LogP contribution in [0.1, 0.15) is 13.8 Å². The summed E-state index contributed by atoms with van der Waals surface area (Å²) in [6.45, 7) is 1.57. The summed E-state index contributed by atoms with van der Waals surface area (Å²) < 4.78 is 38.3. The lowest BCUT2D eigenvalue weighted by Crippen LogP contribution is -2.66. The minimum Gasteiger partial charge on any atom is -0.479 e. The topological polar surface area (TPSA) is 281 Å². The number of hydrogen-bond donors (Lipinski definition) is 9. The number of aliphatic carboxylic acids is 2. The number of carboxylic acid groups (broad SMARTS) is 2. The van der Waals surface area contributed by atoms with Crippen molar-refractivity contribution in [3.05, 3.63) is 0 Å². The maximum Gasteiger partial charge on any atom is 0.364 e. The molecule has 4 fully saturated rings. The van der Waals surface area contributed by atoms with Crippen LogP contribution < -0.4 is 0 Å². The van der Waals surface area contributed by atoms with E-state index in [-0.39, 0.29) is 0 Å². The summed E-state index contributed by atoms with van der Waals surface area (Å²) in [6, 6.07) is 0. The molecule has 16 atom stereocenters. The van der Waals surface area contributed by atoms with Crippen molar-refractivity contribution in [2.45, 2.75) is 112 Å². The summed E-state index contributed by atoms with van der Waals surface area (Å²) >= 11 is 0. The first kappa shape index (κ1) is 30.3. The van der Waals surface area contributed by atoms with E-state index in [0.29, 0.717) is 0 Å². The van der Waals surface area contributed by atoms with Gasteiger partial charge in [0.25, 0.3) is 5.79 Å². The molecule has 4 rings (SSSR count). The predicted molar refractivity (Wildman–Crippen MR) is 114 cm³/mol. The molecular weight excluding hydrogens is 540 g/mol.